The molecule has 4 N–H and O–H groups in total. The van der Waals surface area contributed by atoms with Crippen molar-refractivity contribution in [3.63, 3.8) is 0 Å². The number of aliphatic imine (C=N–C) groups is 1. The summed E-state index contributed by atoms with van der Waals surface area (Å²) in [7, 11) is 2.16. The fourth-order valence-electron chi connectivity index (χ4n) is 3.86. The smallest absolute Gasteiger partial charge is 0.201 e. The van der Waals surface area contributed by atoms with Gasteiger partial charge in [0.1, 0.15) is 0 Å². The maximum absolute atomic E-state index is 13.9. The Hall–Kier alpha value is -2.70. The van der Waals surface area contributed by atoms with E-state index in [9.17, 15) is 13.9 Å². The maximum Gasteiger partial charge on any atom is 0.201 e. The molecule has 0 fully saturated rings. The average Bonchev–Trinajstić information content (AvgIpc) is 2.89. The van der Waals surface area contributed by atoms with Crippen LogP contribution in [0.25, 0.3) is 0 Å². The molecule has 0 spiro atoms. The lowest BCUT2D eigenvalue weighted by Gasteiger charge is -2.26. The quantitative estimate of drug-likeness (QED) is 0.0962. The van der Waals surface area contributed by atoms with Crippen molar-refractivity contribution in [2.24, 2.45) is 10.9 Å². The van der Waals surface area contributed by atoms with Gasteiger partial charge >= 0.3 is 0 Å². The van der Waals surface area contributed by atoms with Crippen LogP contribution in [-0.2, 0) is 6.54 Å². The van der Waals surface area contributed by atoms with Gasteiger partial charge in [0, 0.05) is 29.9 Å². The van der Waals surface area contributed by atoms with E-state index in [1.807, 2.05) is 32.2 Å². The molecule has 3 atom stereocenters. The van der Waals surface area contributed by atoms with Crippen molar-refractivity contribution in [3.05, 3.63) is 64.9 Å². The molecule has 0 aliphatic rings. The number of hydrogen-bond donors (Lipinski definition) is 4. The minimum Gasteiger partial charge on any atom is -0.396 e. The maximum atomic E-state index is 13.9. The number of allylic oxidation sites excluding steroid dienone is 4. The Morgan fingerprint density at radius 2 is 1.92 bits per heavy atom. The summed E-state index contributed by atoms with van der Waals surface area (Å²) in [6.45, 7) is 14.0. The third kappa shape index (κ3) is 10.6. The molecule has 0 aliphatic carbocycles. The molecule has 3 unspecified atom stereocenters. The monoisotopic (exact) mass is 547 g/mol. The molecule has 0 amide bonds. The van der Waals surface area contributed by atoms with E-state index in [0.717, 1.165) is 42.9 Å². The summed E-state index contributed by atoms with van der Waals surface area (Å²) in [6.07, 6.45) is 9.85. The zero-order chi connectivity index (χ0) is 28.8. The summed E-state index contributed by atoms with van der Waals surface area (Å²) in [5, 5.41) is 29.3. The van der Waals surface area contributed by atoms with Gasteiger partial charge in [0.05, 0.1) is 12.4 Å². The normalized spacial score (nSPS) is 13.9. The van der Waals surface area contributed by atoms with E-state index < -0.39 is 11.6 Å². The molecule has 0 aromatic heterocycles. The van der Waals surface area contributed by atoms with Crippen LogP contribution in [-0.4, -0.2) is 40.7 Å². The second-order valence-electron chi connectivity index (χ2n) is 9.29. The number of hydrogen-bond acceptors (Lipinski definition) is 4. The van der Waals surface area contributed by atoms with Crippen LogP contribution in [0.2, 0.25) is 0 Å². The van der Waals surface area contributed by atoms with Gasteiger partial charge in [0.2, 0.25) is 5.96 Å². The highest BCUT2D eigenvalue weighted by Gasteiger charge is 2.17. The minimum absolute atomic E-state index is 0.0220. The van der Waals surface area contributed by atoms with Crippen molar-refractivity contribution < 1.29 is 13.9 Å². The van der Waals surface area contributed by atoms with Crippen LogP contribution in [0.15, 0.2) is 52.7 Å². The molecule has 0 bridgehead atoms. The highest BCUT2D eigenvalue weighted by molar-refractivity contribution is 7.27. The fraction of sp³-hybridized carbons (Fsp3) is 0.483. The van der Waals surface area contributed by atoms with E-state index in [0.29, 0.717) is 23.6 Å². The minimum atomic E-state index is -0.974. The third-order valence-corrected chi connectivity index (χ3v) is 6.88. The predicted octanol–water partition coefficient (Wildman–Crippen LogP) is 6.23. The zero-order valence-corrected chi connectivity index (χ0v) is 24.5. The number of aliphatic hydroxyl groups is 1. The van der Waals surface area contributed by atoms with Crippen molar-refractivity contribution in [2.45, 2.75) is 79.3 Å². The van der Waals surface area contributed by atoms with Crippen LogP contribution in [0.4, 0.5) is 8.78 Å². The molecule has 0 saturated heterocycles. The molecule has 210 valence electrons. The highest BCUT2D eigenvalue weighted by atomic mass is 31.0. The van der Waals surface area contributed by atoms with Gasteiger partial charge < -0.3 is 10.4 Å². The van der Waals surface area contributed by atoms with Crippen LogP contribution in [0.3, 0.4) is 0 Å². The van der Waals surface area contributed by atoms with Crippen LogP contribution >= 0.6 is 9.24 Å². The number of nitrogens with one attached hydrogen (secondary N) is 3. The standard InChI is InChI=1S/C29H44F2N5OP/c1-7-19(5)26(15-22(9-3)17-34-24(10-4)13-21(8-2)11-12-37)35-29(33)36(20(6)32)18-23-14-25(30)28(31)27(38)16-23/h9,14-17,21,24,32,37H,5,7-8,10-13,18,38H2,1-4,6H3,(H2,33,35)/b22-9-,26-15+,32-20?,34-17-. The molecular formula is C29H44F2N5OP. The molecule has 0 heterocycles. The van der Waals surface area contributed by atoms with E-state index in [4.69, 9.17) is 15.8 Å². The van der Waals surface area contributed by atoms with Crippen molar-refractivity contribution in [2.75, 3.05) is 6.61 Å². The summed E-state index contributed by atoms with van der Waals surface area (Å²) in [5.41, 5.74) is 2.66. The van der Waals surface area contributed by atoms with Crippen molar-refractivity contribution >= 4 is 32.6 Å². The summed E-state index contributed by atoms with van der Waals surface area (Å²) in [6, 6.07) is 2.71. The van der Waals surface area contributed by atoms with Crippen molar-refractivity contribution in [1.82, 2.24) is 10.2 Å². The molecule has 9 heteroatoms. The molecule has 0 aliphatic heterocycles. The highest BCUT2D eigenvalue weighted by Crippen LogP contribution is 2.20. The second-order valence-corrected chi connectivity index (χ2v) is 9.91. The van der Waals surface area contributed by atoms with Gasteiger partial charge in [0.15, 0.2) is 11.6 Å². The molecule has 0 saturated carbocycles. The first-order valence-electron chi connectivity index (χ1n) is 13.1. The molecule has 1 rings (SSSR count). The SMILES string of the molecule is C=C(CC)\C(=C/C(/C=N\C(CC)CC(CC)CCO)=C/C)NC(=N)N(Cc1cc(F)c(F)c(P)c1)C(C)=N. The lowest BCUT2D eigenvalue weighted by atomic mass is 9.93. The molecule has 1 aromatic carbocycles. The topological polar surface area (TPSA) is 95.6 Å². The lowest BCUT2D eigenvalue weighted by molar-refractivity contribution is 0.243. The summed E-state index contributed by atoms with van der Waals surface area (Å²) in [5.74, 6) is -1.48. The predicted molar refractivity (Wildman–Crippen MR) is 159 cm³/mol. The van der Waals surface area contributed by atoms with Gasteiger partial charge in [-0.3, -0.25) is 20.7 Å². The Bertz CT molecular complexity index is 1040. The Morgan fingerprint density at radius 3 is 2.42 bits per heavy atom. The average molecular weight is 548 g/mol. The van der Waals surface area contributed by atoms with E-state index in [1.165, 1.54) is 17.9 Å². The lowest BCUT2D eigenvalue weighted by Crippen LogP contribution is -2.42. The third-order valence-electron chi connectivity index (χ3n) is 6.46. The largest absolute Gasteiger partial charge is 0.396 e. The van der Waals surface area contributed by atoms with E-state index in [2.05, 4.69) is 35.0 Å². The Balaban J connectivity index is 3.17. The molecule has 6 nitrogen and oxygen atoms in total. The first-order valence-corrected chi connectivity index (χ1v) is 13.7. The number of amidine groups is 1. The van der Waals surface area contributed by atoms with E-state index in [-0.39, 0.29) is 36.3 Å². The van der Waals surface area contributed by atoms with Crippen LogP contribution in [0.1, 0.15) is 72.3 Å². The Morgan fingerprint density at radius 1 is 1.24 bits per heavy atom. The molecule has 0 radical (unpaired) electrons. The van der Waals surface area contributed by atoms with Gasteiger partial charge in [-0.25, -0.2) is 8.78 Å². The van der Waals surface area contributed by atoms with Crippen LogP contribution in [0.5, 0.6) is 0 Å². The Kier molecular flexibility index (Phi) is 14.9. The zero-order valence-electron chi connectivity index (χ0n) is 23.4. The van der Waals surface area contributed by atoms with Gasteiger partial charge in [-0.05, 0) is 80.4 Å². The number of rotatable bonds is 14. The van der Waals surface area contributed by atoms with Crippen molar-refractivity contribution in [1.29, 1.82) is 10.8 Å². The van der Waals surface area contributed by atoms with E-state index >= 15 is 0 Å². The van der Waals surface area contributed by atoms with Gasteiger partial charge in [-0.15, -0.1) is 9.24 Å². The number of aliphatic hydroxyl groups excluding tert-OH is 1. The van der Waals surface area contributed by atoms with Crippen LogP contribution in [0, 0.1) is 28.4 Å². The van der Waals surface area contributed by atoms with Gasteiger partial charge in [0.25, 0.3) is 0 Å². The number of guanidine groups is 1. The number of nitrogens with zero attached hydrogens (tertiary/aromatic N) is 2. The molecule has 1 aromatic rings. The van der Waals surface area contributed by atoms with Gasteiger partial charge in [-0.2, -0.15) is 0 Å². The van der Waals surface area contributed by atoms with E-state index in [1.54, 1.807) is 0 Å². The second kappa shape index (κ2) is 17.0. The van der Waals surface area contributed by atoms with Crippen LogP contribution < -0.4 is 10.6 Å². The Labute approximate surface area is 229 Å². The van der Waals surface area contributed by atoms with Gasteiger partial charge in [-0.1, -0.05) is 39.8 Å². The summed E-state index contributed by atoms with van der Waals surface area (Å²) < 4.78 is 27.7. The summed E-state index contributed by atoms with van der Waals surface area (Å²) >= 11 is 0. The van der Waals surface area contributed by atoms with Crippen molar-refractivity contribution in [3.8, 4) is 0 Å². The fourth-order valence-corrected chi connectivity index (χ4v) is 4.21. The number of benzene rings is 1. The molecule has 38 heavy (non-hydrogen) atoms. The number of halogens is 2. The first kappa shape index (κ1) is 33.3. The summed E-state index contributed by atoms with van der Waals surface area (Å²) in [4.78, 5) is 6.17. The molecular weight excluding hydrogens is 503 g/mol. The first-order chi connectivity index (χ1) is 18.0.